The monoisotopic (exact) mass is 247 g/mol. The van der Waals surface area contributed by atoms with Crippen molar-refractivity contribution in [2.24, 2.45) is 5.73 Å². The Morgan fingerprint density at radius 1 is 1.33 bits per heavy atom. The highest BCUT2D eigenvalue weighted by molar-refractivity contribution is 5.20. The summed E-state index contributed by atoms with van der Waals surface area (Å²) < 4.78 is 10.6. The van der Waals surface area contributed by atoms with E-state index in [0.29, 0.717) is 24.7 Å². The summed E-state index contributed by atoms with van der Waals surface area (Å²) in [4.78, 5) is 4.23. The third-order valence-corrected chi connectivity index (χ3v) is 2.58. The van der Waals surface area contributed by atoms with Crippen molar-refractivity contribution in [3.8, 4) is 5.75 Å². The summed E-state index contributed by atoms with van der Waals surface area (Å²) in [5.74, 6) is 1.96. The SMILES string of the molecule is CC[C@H](N)c1nc(CCOc2ccccc2)no1. The van der Waals surface area contributed by atoms with E-state index >= 15 is 0 Å². The lowest BCUT2D eigenvalue weighted by Gasteiger charge is -2.03. The molecule has 18 heavy (non-hydrogen) atoms. The Bertz CT molecular complexity index is 470. The first-order valence-electron chi connectivity index (χ1n) is 6.05. The fourth-order valence-corrected chi connectivity index (χ4v) is 1.47. The van der Waals surface area contributed by atoms with Crippen LogP contribution >= 0.6 is 0 Å². The fourth-order valence-electron chi connectivity index (χ4n) is 1.47. The molecular formula is C13H17N3O2. The van der Waals surface area contributed by atoms with Crippen LogP contribution < -0.4 is 10.5 Å². The Morgan fingerprint density at radius 2 is 2.11 bits per heavy atom. The van der Waals surface area contributed by atoms with Gasteiger partial charge in [0.1, 0.15) is 5.75 Å². The standard InChI is InChI=1S/C13H17N3O2/c1-2-11(14)13-15-12(16-18-13)8-9-17-10-6-4-3-5-7-10/h3-7,11H,2,8-9,14H2,1H3/t11-/m0/s1. The molecule has 0 amide bonds. The van der Waals surface area contributed by atoms with Gasteiger partial charge in [-0.2, -0.15) is 4.98 Å². The molecule has 0 saturated heterocycles. The number of nitrogens with two attached hydrogens (primary N) is 1. The third-order valence-electron chi connectivity index (χ3n) is 2.58. The Morgan fingerprint density at radius 3 is 2.83 bits per heavy atom. The topological polar surface area (TPSA) is 74.2 Å². The second-order valence-electron chi connectivity index (χ2n) is 3.98. The molecule has 2 aromatic rings. The van der Waals surface area contributed by atoms with Crippen molar-refractivity contribution in [3.63, 3.8) is 0 Å². The summed E-state index contributed by atoms with van der Waals surface area (Å²) in [6.07, 6.45) is 1.39. The quantitative estimate of drug-likeness (QED) is 0.846. The molecule has 0 radical (unpaired) electrons. The van der Waals surface area contributed by atoms with Crippen LogP contribution in [0.3, 0.4) is 0 Å². The van der Waals surface area contributed by atoms with Crippen molar-refractivity contribution in [2.45, 2.75) is 25.8 Å². The number of para-hydroxylation sites is 1. The molecule has 2 N–H and O–H groups in total. The van der Waals surface area contributed by atoms with Crippen LogP contribution in [0.4, 0.5) is 0 Å². The minimum atomic E-state index is -0.179. The predicted octanol–water partition coefficient (Wildman–Crippen LogP) is 2.10. The van der Waals surface area contributed by atoms with Crippen molar-refractivity contribution in [1.29, 1.82) is 0 Å². The Labute approximate surface area is 106 Å². The zero-order valence-electron chi connectivity index (χ0n) is 10.4. The van der Waals surface area contributed by atoms with E-state index in [1.54, 1.807) is 0 Å². The van der Waals surface area contributed by atoms with Crippen molar-refractivity contribution in [1.82, 2.24) is 10.1 Å². The lowest BCUT2D eigenvalue weighted by Crippen LogP contribution is -2.09. The van der Waals surface area contributed by atoms with Gasteiger partial charge in [0, 0.05) is 6.42 Å². The van der Waals surface area contributed by atoms with Crippen LogP contribution in [-0.4, -0.2) is 16.7 Å². The first kappa shape index (κ1) is 12.6. The summed E-state index contributed by atoms with van der Waals surface area (Å²) in [7, 11) is 0. The maximum Gasteiger partial charge on any atom is 0.243 e. The van der Waals surface area contributed by atoms with Gasteiger partial charge >= 0.3 is 0 Å². The number of aromatic nitrogens is 2. The van der Waals surface area contributed by atoms with E-state index in [4.69, 9.17) is 15.0 Å². The van der Waals surface area contributed by atoms with Crippen LogP contribution in [-0.2, 0) is 6.42 Å². The molecule has 5 heteroatoms. The molecule has 0 aliphatic carbocycles. The van der Waals surface area contributed by atoms with E-state index in [0.717, 1.165) is 12.2 Å². The largest absolute Gasteiger partial charge is 0.493 e. The van der Waals surface area contributed by atoms with Gasteiger partial charge in [-0.3, -0.25) is 0 Å². The molecule has 0 unspecified atom stereocenters. The minimum absolute atomic E-state index is 0.179. The zero-order valence-corrected chi connectivity index (χ0v) is 10.4. The van der Waals surface area contributed by atoms with Crippen molar-refractivity contribution < 1.29 is 9.26 Å². The van der Waals surface area contributed by atoms with Crippen LogP contribution in [0.1, 0.15) is 31.1 Å². The third kappa shape index (κ3) is 3.30. The molecule has 0 spiro atoms. The molecule has 0 bridgehead atoms. The van der Waals surface area contributed by atoms with Crippen LogP contribution in [0.5, 0.6) is 5.75 Å². The van der Waals surface area contributed by atoms with E-state index < -0.39 is 0 Å². The lowest BCUT2D eigenvalue weighted by atomic mass is 10.2. The van der Waals surface area contributed by atoms with Gasteiger partial charge in [-0.25, -0.2) is 0 Å². The van der Waals surface area contributed by atoms with Crippen molar-refractivity contribution >= 4 is 0 Å². The van der Waals surface area contributed by atoms with Gasteiger partial charge in [-0.15, -0.1) is 0 Å². The van der Waals surface area contributed by atoms with Gasteiger partial charge in [0.2, 0.25) is 5.89 Å². The van der Waals surface area contributed by atoms with Gasteiger partial charge in [0.25, 0.3) is 0 Å². The highest BCUT2D eigenvalue weighted by Crippen LogP contribution is 2.12. The lowest BCUT2D eigenvalue weighted by molar-refractivity contribution is 0.312. The predicted molar refractivity (Wildman–Crippen MR) is 67.2 cm³/mol. The summed E-state index contributed by atoms with van der Waals surface area (Å²) in [6.45, 7) is 2.50. The van der Waals surface area contributed by atoms with Crippen molar-refractivity contribution in [2.75, 3.05) is 6.61 Å². The molecule has 5 nitrogen and oxygen atoms in total. The highest BCUT2D eigenvalue weighted by Gasteiger charge is 2.12. The average Bonchev–Trinajstić information content (AvgIpc) is 2.88. The Hall–Kier alpha value is -1.88. The summed E-state index contributed by atoms with van der Waals surface area (Å²) >= 11 is 0. The molecular weight excluding hydrogens is 230 g/mol. The van der Waals surface area contributed by atoms with E-state index in [1.165, 1.54) is 0 Å². The van der Waals surface area contributed by atoms with Crippen LogP contribution in [0, 0.1) is 0 Å². The van der Waals surface area contributed by atoms with E-state index in [-0.39, 0.29) is 6.04 Å². The maximum atomic E-state index is 5.80. The number of nitrogens with zero attached hydrogens (tertiary/aromatic N) is 2. The molecule has 0 fully saturated rings. The first-order chi connectivity index (χ1) is 8.79. The number of ether oxygens (including phenoxy) is 1. The van der Waals surface area contributed by atoms with Gasteiger partial charge in [0.15, 0.2) is 5.82 Å². The van der Waals surface area contributed by atoms with Gasteiger partial charge in [-0.1, -0.05) is 30.3 Å². The van der Waals surface area contributed by atoms with Gasteiger partial charge in [-0.05, 0) is 18.6 Å². The highest BCUT2D eigenvalue weighted by atomic mass is 16.5. The van der Waals surface area contributed by atoms with Crippen LogP contribution in [0.15, 0.2) is 34.9 Å². The zero-order chi connectivity index (χ0) is 12.8. The molecule has 0 aliphatic heterocycles. The molecule has 0 saturated carbocycles. The van der Waals surface area contributed by atoms with E-state index in [9.17, 15) is 0 Å². The summed E-state index contributed by atoms with van der Waals surface area (Å²) in [5, 5.41) is 3.87. The van der Waals surface area contributed by atoms with E-state index in [2.05, 4.69) is 10.1 Å². The van der Waals surface area contributed by atoms with E-state index in [1.807, 2.05) is 37.3 Å². The molecule has 1 heterocycles. The Kier molecular flexibility index (Phi) is 4.30. The van der Waals surface area contributed by atoms with Gasteiger partial charge in [0.05, 0.1) is 12.6 Å². The number of rotatable bonds is 6. The second-order valence-corrected chi connectivity index (χ2v) is 3.98. The normalized spacial score (nSPS) is 12.3. The first-order valence-corrected chi connectivity index (χ1v) is 6.05. The molecule has 1 aromatic heterocycles. The fraction of sp³-hybridized carbons (Fsp3) is 0.385. The van der Waals surface area contributed by atoms with Crippen LogP contribution in [0.25, 0.3) is 0 Å². The molecule has 1 aromatic carbocycles. The second kappa shape index (κ2) is 6.16. The van der Waals surface area contributed by atoms with Crippen molar-refractivity contribution in [3.05, 3.63) is 42.0 Å². The summed E-state index contributed by atoms with van der Waals surface area (Å²) in [5.41, 5.74) is 5.80. The minimum Gasteiger partial charge on any atom is -0.493 e. The number of benzene rings is 1. The molecule has 2 rings (SSSR count). The number of hydrogen-bond acceptors (Lipinski definition) is 5. The number of hydrogen-bond donors (Lipinski definition) is 1. The smallest absolute Gasteiger partial charge is 0.243 e. The maximum absolute atomic E-state index is 5.80. The molecule has 1 atom stereocenters. The van der Waals surface area contributed by atoms with Gasteiger partial charge < -0.3 is 15.0 Å². The Balaban J connectivity index is 1.82. The van der Waals surface area contributed by atoms with Crippen LogP contribution in [0.2, 0.25) is 0 Å². The molecule has 0 aliphatic rings. The average molecular weight is 247 g/mol. The summed E-state index contributed by atoms with van der Waals surface area (Å²) in [6, 6.07) is 9.46. The molecule has 96 valence electrons.